The van der Waals surface area contributed by atoms with E-state index >= 15 is 0 Å². The first-order valence-corrected chi connectivity index (χ1v) is 15.2. The maximum Gasteiger partial charge on any atom is 0.313 e. The number of nitrogens with one attached hydrogen (secondary N) is 1. The molecule has 10 nitrogen and oxygen atoms in total. The number of fused-ring (bicyclic) bond motifs is 2. The van der Waals surface area contributed by atoms with E-state index in [1.807, 2.05) is 42.5 Å². The fourth-order valence-corrected chi connectivity index (χ4v) is 6.61. The molecule has 1 aromatic carbocycles. The molecule has 0 aliphatic carbocycles. The number of amides is 3. The largest absolute Gasteiger partial charge is 0.455 e. The number of cyclic esters (lactones) is 1. The van der Waals surface area contributed by atoms with Crippen molar-refractivity contribution in [3.8, 4) is 0 Å². The van der Waals surface area contributed by atoms with Gasteiger partial charge in [-0.2, -0.15) is 0 Å². The molecule has 1 spiro atoms. The highest BCUT2D eigenvalue weighted by Gasteiger charge is 2.73. The van der Waals surface area contributed by atoms with Crippen molar-refractivity contribution in [3.05, 3.63) is 60.2 Å². The van der Waals surface area contributed by atoms with E-state index in [9.17, 15) is 24.3 Å². The highest BCUT2D eigenvalue weighted by Crippen LogP contribution is 2.55. The van der Waals surface area contributed by atoms with E-state index in [4.69, 9.17) is 9.47 Å². The van der Waals surface area contributed by atoms with Crippen molar-refractivity contribution in [2.24, 2.45) is 11.8 Å². The van der Waals surface area contributed by atoms with Crippen LogP contribution in [0.15, 0.2) is 54.6 Å². The summed E-state index contributed by atoms with van der Waals surface area (Å²) in [5.74, 6) is -3.13. The normalized spacial score (nSPS) is 32.2. The predicted octanol–water partition coefficient (Wildman–Crippen LogP) is 2.29. The molecule has 0 saturated carbocycles. The number of nitrogens with zero attached hydrogens (tertiary/aromatic N) is 2. The van der Waals surface area contributed by atoms with Gasteiger partial charge in [0.2, 0.25) is 17.7 Å². The number of hydrogen-bond acceptors (Lipinski definition) is 7. The number of aliphatic hydroxyl groups is 1. The number of hydrogen-bond donors (Lipinski definition) is 2. The molecule has 0 unspecified atom stereocenters. The molecule has 2 saturated heterocycles. The number of aliphatic hydroxyl groups excluding tert-OH is 1. The molecule has 1 aromatic rings. The summed E-state index contributed by atoms with van der Waals surface area (Å²) in [6.07, 6.45) is 9.35. The molecule has 4 aliphatic heterocycles. The molecule has 42 heavy (non-hydrogen) atoms. The predicted molar refractivity (Wildman–Crippen MR) is 154 cm³/mol. The first kappa shape index (κ1) is 30.0. The van der Waals surface area contributed by atoms with Gasteiger partial charge in [-0.05, 0) is 31.2 Å². The number of esters is 1. The Bertz CT molecular complexity index is 1220. The summed E-state index contributed by atoms with van der Waals surface area (Å²) in [7, 11) is 0. The van der Waals surface area contributed by atoms with Crippen LogP contribution in [-0.4, -0.2) is 89.1 Å². The summed E-state index contributed by atoms with van der Waals surface area (Å²) in [6, 6.07) is 8.26. The van der Waals surface area contributed by atoms with Crippen molar-refractivity contribution >= 4 is 23.7 Å². The van der Waals surface area contributed by atoms with Gasteiger partial charge in [-0.15, -0.1) is 0 Å². The topological polar surface area (TPSA) is 125 Å². The third-order valence-electron chi connectivity index (χ3n) is 8.73. The second-order valence-corrected chi connectivity index (χ2v) is 11.5. The minimum absolute atomic E-state index is 0.0204. The smallest absolute Gasteiger partial charge is 0.313 e. The summed E-state index contributed by atoms with van der Waals surface area (Å²) >= 11 is 0. The second kappa shape index (κ2) is 13.2. The molecule has 2 N–H and O–H groups in total. The Kier molecular flexibility index (Phi) is 9.43. The van der Waals surface area contributed by atoms with Crippen molar-refractivity contribution < 1.29 is 33.8 Å². The Labute approximate surface area is 246 Å². The molecule has 226 valence electrons. The summed E-state index contributed by atoms with van der Waals surface area (Å²) in [6.45, 7) is 3.24. The van der Waals surface area contributed by atoms with Crippen molar-refractivity contribution in [2.45, 2.75) is 69.3 Å². The van der Waals surface area contributed by atoms with Gasteiger partial charge in [0.15, 0.2) is 0 Å². The van der Waals surface area contributed by atoms with E-state index in [2.05, 4.69) is 12.2 Å². The maximum absolute atomic E-state index is 14.3. The fourth-order valence-electron chi connectivity index (χ4n) is 6.61. The first-order chi connectivity index (χ1) is 20.4. The zero-order valence-electron chi connectivity index (χ0n) is 24.2. The number of ether oxygens (including phenoxy) is 2. The van der Waals surface area contributed by atoms with Crippen LogP contribution in [0.2, 0.25) is 0 Å². The SMILES string of the molecule is CCCCN1C/C=C\CCC(=O)NC[C@H](c2ccccc2)OC(=O)[C@@H]2[C@H]3C(=O)N(CCCCO)[C@H](C1=O)[C@]31C=C[C@H]2O1. The van der Waals surface area contributed by atoms with E-state index in [0.29, 0.717) is 32.4 Å². The number of carbonyl (C=O) groups is 4. The van der Waals surface area contributed by atoms with Crippen LogP contribution in [-0.2, 0) is 28.7 Å². The zero-order valence-corrected chi connectivity index (χ0v) is 24.2. The summed E-state index contributed by atoms with van der Waals surface area (Å²) in [4.78, 5) is 58.3. The molecule has 0 aromatic heterocycles. The Morgan fingerprint density at radius 1 is 1.02 bits per heavy atom. The number of allylic oxidation sites excluding steroid dienone is 1. The molecule has 0 radical (unpaired) electrons. The zero-order chi connectivity index (χ0) is 29.7. The van der Waals surface area contributed by atoms with E-state index in [1.54, 1.807) is 22.0 Å². The van der Waals surface area contributed by atoms with Gasteiger partial charge < -0.3 is 29.7 Å². The molecular formula is C32H41N3O7. The monoisotopic (exact) mass is 579 g/mol. The van der Waals surface area contributed by atoms with Gasteiger partial charge in [0.05, 0.1) is 18.6 Å². The molecule has 5 bridgehead atoms. The highest BCUT2D eigenvalue weighted by molar-refractivity contribution is 5.99. The molecule has 2 fully saturated rings. The lowest BCUT2D eigenvalue weighted by Gasteiger charge is -2.36. The Morgan fingerprint density at radius 3 is 2.60 bits per heavy atom. The molecule has 5 rings (SSSR count). The van der Waals surface area contributed by atoms with E-state index in [1.165, 1.54) is 0 Å². The third kappa shape index (κ3) is 5.74. The maximum atomic E-state index is 14.3. The summed E-state index contributed by atoms with van der Waals surface area (Å²) in [5.41, 5.74) is -0.554. The van der Waals surface area contributed by atoms with E-state index in [-0.39, 0.29) is 43.8 Å². The summed E-state index contributed by atoms with van der Waals surface area (Å²) in [5, 5.41) is 12.3. The number of carbonyl (C=O) groups excluding carboxylic acids is 4. The van der Waals surface area contributed by atoms with Gasteiger partial charge in [0.1, 0.15) is 23.7 Å². The third-order valence-corrected chi connectivity index (χ3v) is 8.73. The number of rotatable bonds is 8. The Balaban J connectivity index is 1.53. The van der Waals surface area contributed by atoms with Crippen LogP contribution in [0.1, 0.15) is 57.1 Å². The van der Waals surface area contributed by atoms with Gasteiger partial charge in [0, 0.05) is 32.7 Å². The Morgan fingerprint density at radius 2 is 1.83 bits per heavy atom. The molecule has 4 heterocycles. The minimum Gasteiger partial charge on any atom is -0.455 e. The number of likely N-dealkylation sites (tertiary alicyclic amines) is 1. The van der Waals surface area contributed by atoms with Crippen molar-refractivity contribution in [3.63, 3.8) is 0 Å². The number of unbranched alkanes of at least 4 members (excludes halogenated alkanes) is 2. The van der Waals surface area contributed by atoms with Crippen LogP contribution in [0.4, 0.5) is 0 Å². The second-order valence-electron chi connectivity index (χ2n) is 11.5. The van der Waals surface area contributed by atoms with E-state index < -0.39 is 41.7 Å². The summed E-state index contributed by atoms with van der Waals surface area (Å²) < 4.78 is 12.5. The van der Waals surface area contributed by atoms with Crippen LogP contribution in [0.25, 0.3) is 0 Å². The van der Waals surface area contributed by atoms with Gasteiger partial charge in [-0.25, -0.2) is 0 Å². The quantitative estimate of drug-likeness (QED) is 0.275. The molecule has 4 aliphatic rings. The highest BCUT2D eigenvalue weighted by atomic mass is 16.6. The van der Waals surface area contributed by atoms with Crippen molar-refractivity contribution in [1.29, 1.82) is 0 Å². The van der Waals surface area contributed by atoms with Gasteiger partial charge in [0.25, 0.3) is 0 Å². The lowest BCUT2D eigenvalue weighted by Crippen LogP contribution is -2.56. The molecule has 6 atom stereocenters. The van der Waals surface area contributed by atoms with Gasteiger partial charge >= 0.3 is 5.97 Å². The lowest BCUT2D eigenvalue weighted by molar-refractivity contribution is -0.159. The fraction of sp³-hybridized carbons (Fsp3) is 0.562. The Hall–Kier alpha value is -3.50. The number of benzene rings is 1. The van der Waals surface area contributed by atoms with Gasteiger partial charge in [-0.1, -0.05) is 68.0 Å². The van der Waals surface area contributed by atoms with Crippen LogP contribution in [0, 0.1) is 11.8 Å². The van der Waals surface area contributed by atoms with Crippen molar-refractivity contribution in [1.82, 2.24) is 15.1 Å². The van der Waals surface area contributed by atoms with E-state index in [0.717, 1.165) is 18.4 Å². The average Bonchev–Trinajstić information content (AvgIpc) is 3.64. The van der Waals surface area contributed by atoms with Gasteiger partial charge in [-0.3, -0.25) is 19.2 Å². The lowest BCUT2D eigenvalue weighted by atomic mass is 9.74. The molecular weight excluding hydrogens is 538 g/mol. The standard InChI is InChI=1S/C32H41N3O7/c1-2-3-17-34-18-9-5-8-14-25(37)33-21-24(22-12-6-4-7-13-22)41-31(40)26-23-15-16-32(42-23)27(26)29(38)35(19-10-11-20-36)28(32)30(34)39/h4-7,9,12-13,15-16,23-24,26-28,36H,2-3,8,10-11,14,17-21H2,1H3,(H,33,37)/b9-5-/t23-,24-,26+,27+,28-,32+/m1/s1. The van der Waals surface area contributed by atoms with Crippen LogP contribution in [0.3, 0.4) is 0 Å². The first-order valence-electron chi connectivity index (χ1n) is 15.2. The molecule has 3 amide bonds. The average molecular weight is 580 g/mol. The van der Waals surface area contributed by atoms with Crippen molar-refractivity contribution in [2.75, 3.05) is 32.8 Å². The molecule has 10 heteroatoms. The van der Waals surface area contributed by atoms with Crippen LogP contribution >= 0.6 is 0 Å². The van der Waals surface area contributed by atoms with Crippen LogP contribution in [0.5, 0.6) is 0 Å². The van der Waals surface area contributed by atoms with Crippen LogP contribution < -0.4 is 5.32 Å². The minimum atomic E-state index is -1.28.